The Kier molecular flexibility index (Phi) is 19.5. The van der Waals surface area contributed by atoms with Gasteiger partial charge >= 0.3 is 11.9 Å². The zero-order valence-corrected chi connectivity index (χ0v) is 38.1. The number of halogens is 1. The van der Waals surface area contributed by atoms with Crippen molar-refractivity contribution >= 4 is 29.4 Å². The number of ether oxygens (including phenoxy) is 6. The van der Waals surface area contributed by atoms with Gasteiger partial charge in [-0.3, -0.25) is 14.4 Å². The first-order chi connectivity index (χ1) is 29.4. The van der Waals surface area contributed by atoms with Gasteiger partial charge < -0.3 is 43.5 Å². The fourth-order valence-electron chi connectivity index (χ4n) is 9.71. The Balaban J connectivity index is 1.72. The Morgan fingerprint density at radius 1 is 1.02 bits per heavy atom. The van der Waals surface area contributed by atoms with Crippen LogP contribution in [0, 0.1) is 29.6 Å². The van der Waals surface area contributed by atoms with E-state index in [0.29, 0.717) is 50.5 Å². The maximum absolute atomic E-state index is 15.5. The molecule has 1 unspecified atom stereocenters. The first kappa shape index (κ1) is 51.3. The number of aliphatic hydroxyl groups is 2. The molecule has 2 N–H and O–H groups in total. The van der Waals surface area contributed by atoms with E-state index < -0.39 is 96.0 Å². The molecule has 3 fully saturated rings. The summed E-state index contributed by atoms with van der Waals surface area (Å²) in [6.07, 6.45) is 2.01. The van der Waals surface area contributed by atoms with Gasteiger partial charge in [-0.1, -0.05) is 44.6 Å². The zero-order chi connectivity index (χ0) is 45.9. The zero-order valence-electron chi connectivity index (χ0n) is 38.1. The van der Waals surface area contributed by atoms with Crippen molar-refractivity contribution in [1.82, 2.24) is 4.90 Å². The number of piperidine rings is 1. The van der Waals surface area contributed by atoms with E-state index in [1.165, 1.54) is 14.2 Å². The first-order valence-corrected chi connectivity index (χ1v) is 22.5. The van der Waals surface area contributed by atoms with Gasteiger partial charge in [0.15, 0.2) is 0 Å². The summed E-state index contributed by atoms with van der Waals surface area (Å²) in [4.78, 5) is 69.8. The van der Waals surface area contributed by atoms with Gasteiger partial charge in [-0.15, -0.1) is 6.58 Å². The number of carbonyl (C=O) groups is 5. The van der Waals surface area contributed by atoms with Gasteiger partial charge in [-0.2, -0.15) is 0 Å². The number of hydrogen-bond donors (Lipinski definition) is 2. The number of nitrogens with zero attached hydrogens (tertiary/aromatic N) is 1. The van der Waals surface area contributed by atoms with Crippen LogP contribution in [-0.2, 0) is 52.4 Å². The summed E-state index contributed by atoms with van der Waals surface area (Å²) in [5.74, 6) is -9.07. The van der Waals surface area contributed by atoms with Crippen molar-refractivity contribution in [1.29, 1.82) is 0 Å². The van der Waals surface area contributed by atoms with Gasteiger partial charge in [0.05, 0.1) is 31.0 Å². The summed E-state index contributed by atoms with van der Waals surface area (Å²) < 4.78 is 50.1. The molecule has 350 valence electrons. The second kappa shape index (κ2) is 23.5. The highest BCUT2D eigenvalue weighted by atomic mass is 19.1. The van der Waals surface area contributed by atoms with Crippen LogP contribution in [-0.4, -0.2) is 133 Å². The van der Waals surface area contributed by atoms with Crippen molar-refractivity contribution in [3.8, 4) is 0 Å². The number of allylic oxidation sites excluding steroid dienone is 4. The molecule has 0 aromatic rings. The highest BCUT2D eigenvalue weighted by molar-refractivity contribution is 6.39. The lowest BCUT2D eigenvalue weighted by Gasteiger charge is -2.47. The molecule has 3 heterocycles. The van der Waals surface area contributed by atoms with E-state index in [1.807, 2.05) is 26.0 Å². The number of carbonyl (C=O) groups excluding carboxylic acids is 5. The molecule has 4 aliphatic rings. The predicted octanol–water partition coefficient (Wildman–Crippen LogP) is 5.55. The molecule has 2 bridgehead atoms. The molecule has 14 nitrogen and oxygen atoms in total. The van der Waals surface area contributed by atoms with Gasteiger partial charge in [0, 0.05) is 44.9 Å². The smallest absolute Gasteiger partial charge is 0.332 e. The minimum Gasteiger partial charge on any atom is -0.464 e. The average molecular weight is 878 g/mol. The molecule has 15 heteroatoms. The van der Waals surface area contributed by atoms with Crippen LogP contribution < -0.4 is 0 Å². The minimum absolute atomic E-state index is 0.0195. The predicted molar refractivity (Wildman–Crippen MR) is 227 cm³/mol. The van der Waals surface area contributed by atoms with Gasteiger partial charge in [0.25, 0.3) is 11.7 Å². The summed E-state index contributed by atoms with van der Waals surface area (Å²) >= 11 is 0. The molecule has 4 rings (SSSR count). The summed E-state index contributed by atoms with van der Waals surface area (Å²) in [5.41, 5.74) is 1.44. The lowest BCUT2D eigenvalue weighted by molar-refractivity contribution is -0.302. The van der Waals surface area contributed by atoms with Crippen molar-refractivity contribution in [2.45, 2.75) is 167 Å². The third-order valence-corrected chi connectivity index (χ3v) is 13.2. The third-order valence-electron chi connectivity index (χ3n) is 13.2. The highest BCUT2D eigenvalue weighted by Crippen LogP contribution is 2.39. The van der Waals surface area contributed by atoms with E-state index in [1.54, 1.807) is 33.8 Å². The van der Waals surface area contributed by atoms with Crippen molar-refractivity contribution < 1.29 is 67.0 Å². The molecule has 0 aromatic heterocycles. The number of ketones is 2. The SMILES string of the molecule is C=CC[C@@H]1/C=C(\C)C[C@H](C)C[C@H](OC)[C@H]2O[C@@](O)(C(=O)C(=O)N3CCCC[C@H]3C(=O)O[C@@H](/C(C)=C/[C@@H]3CC[C@@H](OCC(=O)OCC)C(F)C3)[C@H](C)[C@@H](O)CC1=O)[C@H](C)C[C@@H]2OC. The first-order valence-electron chi connectivity index (χ1n) is 22.5. The van der Waals surface area contributed by atoms with E-state index in [0.717, 1.165) is 10.5 Å². The van der Waals surface area contributed by atoms with E-state index in [-0.39, 0.29) is 63.1 Å². The van der Waals surface area contributed by atoms with Crippen LogP contribution in [0.3, 0.4) is 0 Å². The minimum atomic E-state index is -2.55. The Hall–Kier alpha value is -3.34. The summed E-state index contributed by atoms with van der Waals surface area (Å²) in [6, 6.07) is -1.21. The van der Waals surface area contributed by atoms with Crippen LogP contribution in [0.25, 0.3) is 0 Å². The number of methoxy groups -OCH3 is 2. The van der Waals surface area contributed by atoms with Crippen LogP contribution in [0.1, 0.15) is 112 Å². The molecule has 14 atom stereocenters. The van der Waals surface area contributed by atoms with Gasteiger partial charge in [0.1, 0.15) is 36.8 Å². The maximum Gasteiger partial charge on any atom is 0.332 e. The number of hydrogen-bond acceptors (Lipinski definition) is 13. The van der Waals surface area contributed by atoms with Crippen LogP contribution >= 0.6 is 0 Å². The van der Waals surface area contributed by atoms with E-state index in [9.17, 15) is 34.2 Å². The van der Waals surface area contributed by atoms with Crippen LogP contribution in [0.4, 0.5) is 4.39 Å². The number of cyclic esters (lactones) is 1. The number of alkyl halides is 1. The average Bonchev–Trinajstić information content (AvgIpc) is 3.23. The van der Waals surface area contributed by atoms with E-state index in [2.05, 4.69) is 6.58 Å². The van der Waals surface area contributed by atoms with E-state index >= 15 is 4.39 Å². The van der Waals surface area contributed by atoms with Crippen molar-refractivity contribution in [3.63, 3.8) is 0 Å². The Bertz CT molecular complexity index is 1630. The number of aliphatic hydroxyl groups excluding tert-OH is 1. The molecule has 1 amide bonds. The topological polar surface area (TPSA) is 184 Å². The standard InChI is InChI=1S/C47H72FNO13/c1-10-14-33-20-27(3)19-28(4)21-39(57-8)43-40(58-9)23-30(6)47(56,62-43)44(53)45(54)49-18-13-12-15-35(49)46(55)61-42(31(7)36(50)25-37(33)51)29(5)22-32-16-17-38(34(48)24-32)60-26-41(52)59-11-2/h10,20,22,28,30-36,38-40,42-43,50,56H,1,11-19,21,23-26H2,2-9H3/b27-20+,29-22+/t28-,30+,31+,32-,33+,34?,35-,36-,38+,39-,40-,42-,43+,47+/m0/s1. The second-order valence-electron chi connectivity index (χ2n) is 18.1. The summed E-state index contributed by atoms with van der Waals surface area (Å²) in [7, 11) is 3.02. The van der Waals surface area contributed by atoms with Crippen molar-refractivity contribution in [2.75, 3.05) is 34.0 Å². The third kappa shape index (κ3) is 12.9. The number of rotatable bonds is 10. The lowest BCUT2D eigenvalue weighted by atomic mass is 9.82. The molecule has 0 spiro atoms. The summed E-state index contributed by atoms with van der Waals surface area (Å²) in [6.45, 7) is 14.4. The fourth-order valence-corrected chi connectivity index (χ4v) is 9.71. The van der Waals surface area contributed by atoms with Gasteiger partial charge in [-0.05, 0) is 102 Å². The Morgan fingerprint density at radius 3 is 2.35 bits per heavy atom. The molecule has 1 aliphatic carbocycles. The number of esters is 2. The van der Waals surface area contributed by atoms with Gasteiger partial charge in [0.2, 0.25) is 5.79 Å². The van der Waals surface area contributed by atoms with Crippen LogP contribution in [0.5, 0.6) is 0 Å². The summed E-state index contributed by atoms with van der Waals surface area (Å²) in [5, 5.41) is 23.8. The van der Waals surface area contributed by atoms with Crippen LogP contribution in [0.15, 0.2) is 36.0 Å². The maximum atomic E-state index is 15.5. The highest BCUT2D eigenvalue weighted by Gasteiger charge is 2.56. The molecule has 0 radical (unpaired) electrons. The molecule has 2 saturated heterocycles. The second-order valence-corrected chi connectivity index (χ2v) is 18.1. The van der Waals surface area contributed by atoms with E-state index in [4.69, 9.17) is 28.4 Å². The number of Topliss-reactive ketones (excluding diaryl/α,β-unsaturated/α-hetero) is 2. The normalized spacial score (nSPS) is 38.5. The molecular formula is C47H72FNO13. The van der Waals surface area contributed by atoms with Gasteiger partial charge in [-0.25, -0.2) is 14.0 Å². The largest absolute Gasteiger partial charge is 0.464 e. The Morgan fingerprint density at radius 2 is 1.71 bits per heavy atom. The molecule has 1 saturated carbocycles. The number of fused-ring (bicyclic) bond motifs is 3. The Labute approximate surface area is 366 Å². The van der Waals surface area contributed by atoms with Crippen LogP contribution in [0.2, 0.25) is 0 Å². The van der Waals surface area contributed by atoms with Crippen molar-refractivity contribution in [2.24, 2.45) is 29.6 Å². The lowest BCUT2D eigenvalue weighted by Crippen LogP contribution is -2.64. The molecule has 0 aromatic carbocycles. The quantitative estimate of drug-likeness (QED) is 0.158. The molecule has 3 aliphatic heterocycles. The monoisotopic (exact) mass is 877 g/mol. The number of amides is 1. The molecular weight excluding hydrogens is 806 g/mol. The molecule has 62 heavy (non-hydrogen) atoms. The van der Waals surface area contributed by atoms with Crippen molar-refractivity contribution in [3.05, 3.63) is 36.0 Å². The fraction of sp³-hybridized carbons (Fsp3) is 0.766.